The van der Waals surface area contributed by atoms with Crippen molar-refractivity contribution < 1.29 is 19.3 Å². The van der Waals surface area contributed by atoms with Gasteiger partial charge in [0.1, 0.15) is 0 Å². The van der Waals surface area contributed by atoms with Crippen LogP contribution in [0.5, 0.6) is 5.75 Å². The van der Waals surface area contributed by atoms with Gasteiger partial charge in [-0.3, -0.25) is 4.79 Å². The summed E-state index contributed by atoms with van der Waals surface area (Å²) in [5, 5.41) is 22.6. The van der Waals surface area contributed by atoms with Gasteiger partial charge in [-0.05, 0) is 17.7 Å². The van der Waals surface area contributed by atoms with Crippen LogP contribution in [-0.2, 0) is 4.79 Å². The molecule has 0 aliphatic carbocycles. The lowest BCUT2D eigenvalue weighted by Crippen LogP contribution is -2.53. The van der Waals surface area contributed by atoms with Gasteiger partial charge in [0, 0.05) is 12.4 Å². The summed E-state index contributed by atoms with van der Waals surface area (Å²) < 4.78 is 13.6. The molecule has 0 saturated heterocycles. The first-order valence-electron chi connectivity index (χ1n) is 4.55. The minimum absolute atomic E-state index is 0.148. The zero-order valence-corrected chi connectivity index (χ0v) is 8.38. The number of fused-ring (bicyclic) bond motifs is 1. The number of phenolic OH excluding ortho intramolecular Hbond substituents is 1. The Morgan fingerprint density at radius 3 is 2.88 bits per heavy atom. The quantitative estimate of drug-likeness (QED) is 0.576. The summed E-state index contributed by atoms with van der Waals surface area (Å²) >= 11 is 0. The molecule has 1 aromatic carbocycles. The minimum atomic E-state index is -1.51. The molecule has 5 nitrogen and oxygen atoms in total. The summed E-state index contributed by atoms with van der Waals surface area (Å²) in [6.45, 7) is 1.20. The fourth-order valence-electron chi connectivity index (χ4n) is 1.53. The van der Waals surface area contributed by atoms with Crippen LogP contribution in [0.4, 0.5) is 4.39 Å². The summed E-state index contributed by atoms with van der Waals surface area (Å²) in [5.74, 6) is -2.03. The van der Waals surface area contributed by atoms with Gasteiger partial charge in [-0.25, -0.2) is 9.31 Å². The maximum atomic E-state index is 13.6. The third kappa shape index (κ3) is 1.45. The molecule has 2 N–H and O–H groups in total. The van der Waals surface area contributed by atoms with E-state index in [2.05, 4.69) is 5.10 Å². The average Bonchev–Trinajstić information content (AvgIpc) is 2.23. The van der Waals surface area contributed by atoms with Crippen molar-refractivity contribution in [2.75, 3.05) is 0 Å². The van der Waals surface area contributed by atoms with Gasteiger partial charge in [-0.2, -0.15) is 5.10 Å². The molecule has 0 saturated carbocycles. The van der Waals surface area contributed by atoms with Crippen LogP contribution < -0.4 is 5.46 Å². The van der Waals surface area contributed by atoms with Gasteiger partial charge in [0.25, 0.3) is 0 Å². The summed E-state index contributed by atoms with van der Waals surface area (Å²) in [6, 6.07) is 2.58. The van der Waals surface area contributed by atoms with E-state index in [1.807, 2.05) is 0 Å². The zero-order chi connectivity index (χ0) is 11.9. The lowest BCUT2D eigenvalue weighted by molar-refractivity contribution is -0.125. The molecule has 0 atom stereocenters. The van der Waals surface area contributed by atoms with Crippen molar-refractivity contribution >= 4 is 24.6 Å². The lowest BCUT2D eigenvalue weighted by atomic mass is 9.69. The van der Waals surface area contributed by atoms with Gasteiger partial charge in [0.2, 0.25) is 5.91 Å². The van der Waals surface area contributed by atoms with Crippen LogP contribution in [-0.4, -0.2) is 34.2 Å². The monoisotopic (exact) mass is 222 g/mol. The highest BCUT2D eigenvalue weighted by atomic mass is 19.1. The number of benzene rings is 1. The van der Waals surface area contributed by atoms with Crippen molar-refractivity contribution in [1.29, 1.82) is 0 Å². The average molecular weight is 222 g/mol. The number of carbonyl (C=O) groups is 1. The molecule has 1 aromatic rings. The fraction of sp³-hybridized carbons (Fsp3) is 0.111. The topological polar surface area (TPSA) is 73.1 Å². The van der Waals surface area contributed by atoms with Gasteiger partial charge in [-0.15, -0.1) is 0 Å². The van der Waals surface area contributed by atoms with Crippen molar-refractivity contribution in [3.05, 3.63) is 23.5 Å². The molecule has 1 aliphatic heterocycles. The second-order valence-electron chi connectivity index (χ2n) is 3.38. The Bertz CT molecular complexity index is 492. The molecule has 0 unspecified atom stereocenters. The standard InChI is InChI=1S/C9H8BFN2O3/c1-5(14)13-10(16)8-6(4-12-13)2-3-7(15)9(8)11/h2-4,15-16H,1H3. The molecule has 0 aromatic heterocycles. The van der Waals surface area contributed by atoms with Crippen molar-refractivity contribution in [2.45, 2.75) is 6.92 Å². The molecule has 16 heavy (non-hydrogen) atoms. The van der Waals surface area contributed by atoms with Gasteiger partial charge >= 0.3 is 7.05 Å². The third-order valence-electron chi connectivity index (χ3n) is 2.33. The highest BCUT2D eigenvalue weighted by molar-refractivity contribution is 6.67. The van der Waals surface area contributed by atoms with Crippen molar-refractivity contribution in [3.63, 3.8) is 0 Å². The molecule has 1 amide bonds. The highest BCUT2D eigenvalue weighted by Gasteiger charge is 2.35. The number of carbonyl (C=O) groups excluding carboxylic acids is 1. The molecular formula is C9H8BFN2O3. The van der Waals surface area contributed by atoms with E-state index in [-0.39, 0.29) is 5.46 Å². The van der Waals surface area contributed by atoms with Crippen LogP contribution in [0.15, 0.2) is 17.2 Å². The molecule has 2 rings (SSSR count). The van der Waals surface area contributed by atoms with Crippen LogP contribution in [0, 0.1) is 5.82 Å². The van der Waals surface area contributed by atoms with Crippen LogP contribution in [0.1, 0.15) is 12.5 Å². The molecule has 0 spiro atoms. The van der Waals surface area contributed by atoms with Gasteiger partial charge in [0.15, 0.2) is 11.6 Å². The summed E-state index contributed by atoms with van der Waals surface area (Å²) in [6.07, 6.45) is 1.26. The maximum absolute atomic E-state index is 13.6. The third-order valence-corrected chi connectivity index (χ3v) is 2.33. The first-order valence-corrected chi connectivity index (χ1v) is 4.55. The zero-order valence-electron chi connectivity index (χ0n) is 8.38. The van der Waals surface area contributed by atoms with E-state index in [0.29, 0.717) is 5.56 Å². The number of hydrogen-bond donors (Lipinski definition) is 2. The number of hydrazone groups is 1. The Balaban J connectivity index is 2.57. The lowest BCUT2D eigenvalue weighted by Gasteiger charge is -2.24. The molecule has 7 heteroatoms. The number of rotatable bonds is 0. The number of amides is 1. The number of aromatic hydroxyl groups is 1. The Hall–Kier alpha value is -1.89. The van der Waals surface area contributed by atoms with E-state index < -0.39 is 24.5 Å². The molecule has 0 radical (unpaired) electrons. The minimum Gasteiger partial charge on any atom is -0.505 e. The first kappa shape index (κ1) is 10.6. The van der Waals surface area contributed by atoms with Crippen LogP contribution in [0.25, 0.3) is 0 Å². The van der Waals surface area contributed by atoms with Crippen LogP contribution >= 0.6 is 0 Å². The summed E-state index contributed by atoms with van der Waals surface area (Å²) in [4.78, 5) is 11.8. The number of hydrogen-bond acceptors (Lipinski definition) is 4. The SMILES string of the molecule is CC(=O)N1N=Cc2ccc(O)c(F)c2B1O. The number of phenols is 1. The first-order chi connectivity index (χ1) is 7.52. The maximum Gasteiger partial charge on any atom is 0.477 e. The number of halogens is 1. The van der Waals surface area contributed by atoms with E-state index in [1.165, 1.54) is 19.2 Å². The second kappa shape index (κ2) is 3.60. The Morgan fingerprint density at radius 1 is 1.56 bits per heavy atom. The Kier molecular flexibility index (Phi) is 2.39. The molecule has 0 bridgehead atoms. The normalized spacial score (nSPS) is 13.9. The molecule has 0 fully saturated rings. The summed E-state index contributed by atoms with van der Waals surface area (Å²) in [7, 11) is -1.51. The van der Waals surface area contributed by atoms with E-state index in [0.717, 1.165) is 11.0 Å². The van der Waals surface area contributed by atoms with Gasteiger partial charge in [-0.1, -0.05) is 0 Å². The fourth-order valence-corrected chi connectivity index (χ4v) is 1.53. The summed E-state index contributed by atoms with van der Waals surface area (Å²) in [5.41, 5.74) is 0.186. The van der Waals surface area contributed by atoms with E-state index in [9.17, 15) is 19.3 Å². The van der Waals surface area contributed by atoms with Gasteiger partial charge < -0.3 is 10.1 Å². The highest BCUT2D eigenvalue weighted by Crippen LogP contribution is 2.17. The van der Waals surface area contributed by atoms with Crippen LogP contribution in [0.3, 0.4) is 0 Å². The van der Waals surface area contributed by atoms with E-state index in [1.54, 1.807) is 0 Å². The Labute approximate surface area is 90.9 Å². The molecule has 1 aliphatic rings. The van der Waals surface area contributed by atoms with E-state index in [4.69, 9.17) is 0 Å². The molecule has 82 valence electrons. The van der Waals surface area contributed by atoms with Crippen molar-refractivity contribution in [3.8, 4) is 5.75 Å². The Morgan fingerprint density at radius 2 is 2.25 bits per heavy atom. The predicted octanol–water partition coefficient (Wildman–Crippen LogP) is -0.585. The van der Waals surface area contributed by atoms with Crippen LogP contribution in [0.2, 0.25) is 0 Å². The van der Waals surface area contributed by atoms with Crippen molar-refractivity contribution in [1.82, 2.24) is 4.92 Å². The largest absolute Gasteiger partial charge is 0.505 e. The van der Waals surface area contributed by atoms with Crippen molar-refractivity contribution in [2.24, 2.45) is 5.10 Å². The van der Waals surface area contributed by atoms with Gasteiger partial charge in [0.05, 0.1) is 6.21 Å². The predicted molar refractivity (Wildman–Crippen MR) is 55.8 cm³/mol. The molecular weight excluding hydrogens is 214 g/mol. The van der Waals surface area contributed by atoms with E-state index >= 15 is 0 Å². The number of nitrogens with zero attached hydrogens (tertiary/aromatic N) is 2. The molecule has 1 heterocycles. The second-order valence-corrected chi connectivity index (χ2v) is 3.38. The smallest absolute Gasteiger partial charge is 0.477 e.